The van der Waals surface area contributed by atoms with Crippen molar-refractivity contribution in [3.63, 3.8) is 0 Å². The maximum atomic E-state index is 12.6. The first-order valence-electron chi connectivity index (χ1n) is 10.6. The summed E-state index contributed by atoms with van der Waals surface area (Å²) >= 11 is 1.49. The van der Waals surface area contributed by atoms with Crippen LogP contribution in [-0.4, -0.2) is 42.3 Å². The summed E-state index contributed by atoms with van der Waals surface area (Å²) in [5.74, 6) is -0.645. The van der Waals surface area contributed by atoms with Gasteiger partial charge in [-0.3, -0.25) is 19.3 Å². The van der Waals surface area contributed by atoms with E-state index in [9.17, 15) is 19.6 Å². The number of hydrogen-bond acceptors (Lipinski definition) is 6. The van der Waals surface area contributed by atoms with Crippen LogP contribution < -0.4 is 16.0 Å². The van der Waals surface area contributed by atoms with Gasteiger partial charge in [-0.1, -0.05) is 6.92 Å². The number of rotatable bonds is 8. The molecule has 168 valence electrons. The number of nitrogens with zero attached hydrogens (tertiary/aromatic N) is 2. The predicted octanol–water partition coefficient (Wildman–Crippen LogP) is 3.36. The van der Waals surface area contributed by atoms with E-state index in [0.717, 1.165) is 31.2 Å². The van der Waals surface area contributed by atoms with Gasteiger partial charge in [0.2, 0.25) is 17.7 Å². The van der Waals surface area contributed by atoms with E-state index in [1.165, 1.54) is 23.1 Å². The molecule has 3 rings (SSSR count). The number of thiophene rings is 1. The van der Waals surface area contributed by atoms with Gasteiger partial charge in [-0.2, -0.15) is 5.26 Å². The first-order chi connectivity index (χ1) is 15.4. The van der Waals surface area contributed by atoms with E-state index in [2.05, 4.69) is 22.0 Å². The highest BCUT2D eigenvalue weighted by Gasteiger charge is 2.22. The molecule has 1 aromatic carbocycles. The number of nitriles is 1. The van der Waals surface area contributed by atoms with Crippen molar-refractivity contribution in [2.24, 2.45) is 0 Å². The van der Waals surface area contributed by atoms with E-state index in [1.807, 2.05) is 6.92 Å². The van der Waals surface area contributed by atoms with Gasteiger partial charge in [0.1, 0.15) is 11.1 Å². The van der Waals surface area contributed by atoms with Gasteiger partial charge in [0.05, 0.1) is 18.7 Å². The van der Waals surface area contributed by atoms with Crippen LogP contribution in [0.25, 0.3) is 0 Å². The Labute approximate surface area is 191 Å². The minimum absolute atomic E-state index is 0.0544. The fourth-order valence-electron chi connectivity index (χ4n) is 3.66. The number of aryl methyl sites for hydroxylation is 1. The van der Waals surface area contributed by atoms with Gasteiger partial charge in [0.15, 0.2) is 0 Å². The molecule has 0 spiro atoms. The molecule has 1 aromatic heterocycles. The van der Waals surface area contributed by atoms with E-state index in [0.29, 0.717) is 28.5 Å². The third-order valence-electron chi connectivity index (χ3n) is 5.21. The maximum absolute atomic E-state index is 12.6. The second kappa shape index (κ2) is 10.9. The van der Waals surface area contributed by atoms with Crippen molar-refractivity contribution in [3.05, 3.63) is 40.3 Å². The molecule has 1 heterocycles. The zero-order chi connectivity index (χ0) is 23.1. The molecule has 1 aliphatic rings. The van der Waals surface area contributed by atoms with E-state index >= 15 is 0 Å². The molecule has 3 N–H and O–H groups in total. The van der Waals surface area contributed by atoms with Crippen molar-refractivity contribution in [1.29, 1.82) is 5.26 Å². The Morgan fingerprint density at radius 1 is 1.00 bits per heavy atom. The Hall–Kier alpha value is -3.22. The third kappa shape index (κ3) is 6.15. The Bertz CT molecular complexity index is 1040. The first kappa shape index (κ1) is 23.4. The van der Waals surface area contributed by atoms with E-state index in [-0.39, 0.29) is 30.8 Å². The average Bonchev–Trinajstić information content (AvgIpc) is 3.10. The molecule has 0 radical (unpaired) electrons. The Morgan fingerprint density at radius 2 is 1.59 bits per heavy atom. The molecule has 0 bridgehead atoms. The van der Waals surface area contributed by atoms with Crippen molar-refractivity contribution in [2.45, 2.75) is 39.5 Å². The van der Waals surface area contributed by atoms with E-state index in [1.54, 1.807) is 29.2 Å². The second-order valence-corrected chi connectivity index (χ2v) is 8.79. The number of likely N-dealkylation sites (N-methyl/N-ethyl adjacent to an activating group) is 1. The first-order valence-corrected chi connectivity index (χ1v) is 11.5. The second-order valence-electron chi connectivity index (χ2n) is 7.68. The summed E-state index contributed by atoms with van der Waals surface area (Å²) in [6.07, 6.45) is 4.02. The lowest BCUT2D eigenvalue weighted by Gasteiger charge is -2.19. The van der Waals surface area contributed by atoms with Gasteiger partial charge in [-0.15, -0.1) is 11.3 Å². The van der Waals surface area contributed by atoms with Crippen LogP contribution in [0.1, 0.15) is 42.7 Å². The van der Waals surface area contributed by atoms with Crippen molar-refractivity contribution in [3.8, 4) is 6.07 Å². The summed E-state index contributed by atoms with van der Waals surface area (Å²) in [6, 6.07) is 9.06. The zero-order valence-corrected chi connectivity index (χ0v) is 19.1. The summed E-state index contributed by atoms with van der Waals surface area (Å²) in [7, 11) is 0. The number of carbonyl (C=O) groups is 3. The number of carbonyl (C=O) groups excluding carboxylic acids is 3. The van der Waals surface area contributed by atoms with Gasteiger partial charge in [-0.05, 0) is 62.1 Å². The molecule has 3 amide bonds. The molecule has 0 atom stereocenters. The van der Waals surface area contributed by atoms with E-state index < -0.39 is 0 Å². The van der Waals surface area contributed by atoms with Crippen LogP contribution in [0.4, 0.5) is 16.4 Å². The lowest BCUT2D eigenvalue weighted by molar-refractivity contribution is -0.120. The molecule has 0 unspecified atom stereocenters. The van der Waals surface area contributed by atoms with Gasteiger partial charge >= 0.3 is 0 Å². The molecule has 9 heteroatoms. The minimum atomic E-state index is -0.241. The van der Waals surface area contributed by atoms with Crippen LogP contribution >= 0.6 is 11.3 Å². The monoisotopic (exact) mass is 453 g/mol. The summed E-state index contributed by atoms with van der Waals surface area (Å²) in [4.78, 5) is 39.0. The standard InChI is InChI=1S/C23H27N5O3S/c1-3-28(13-21(30)26-17-10-8-16(9-11-17)25-15(2)29)14-22(31)27-23-19(12-24)18-6-4-5-7-20(18)32-23/h8-11H,3-7,13-14H2,1-2H3,(H,25,29)(H,26,30)(H,27,31). The molecule has 1 aliphatic carbocycles. The van der Waals surface area contributed by atoms with Gasteiger partial charge in [-0.25, -0.2) is 0 Å². The third-order valence-corrected chi connectivity index (χ3v) is 6.41. The molecule has 0 aliphatic heterocycles. The fourth-order valence-corrected chi connectivity index (χ4v) is 4.92. The minimum Gasteiger partial charge on any atom is -0.326 e. The summed E-state index contributed by atoms with van der Waals surface area (Å²) in [5.41, 5.74) is 2.92. The highest BCUT2D eigenvalue weighted by molar-refractivity contribution is 7.16. The Morgan fingerprint density at radius 3 is 2.19 bits per heavy atom. The van der Waals surface area contributed by atoms with Crippen LogP contribution in [0.5, 0.6) is 0 Å². The molecule has 0 fully saturated rings. The molecule has 2 aromatic rings. The highest BCUT2D eigenvalue weighted by atomic mass is 32.1. The molecule has 0 saturated carbocycles. The molecular formula is C23H27N5O3S. The maximum Gasteiger partial charge on any atom is 0.239 e. The van der Waals surface area contributed by atoms with Crippen molar-refractivity contribution >= 4 is 45.4 Å². The van der Waals surface area contributed by atoms with Gasteiger partial charge < -0.3 is 16.0 Å². The predicted molar refractivity (Wildman–Crippen MR) is 126 cm³/mol. The van der Waals surface area contributed by atoms with Crippen molar-refractivity contribution in [1.82, 2.24) is 4.90 Å². The molecule has 8 nitrogen and oxygen atoms in total. The summed E-state index contributed by atoms with van der Waals surface area (Å²) in [5, 5.41) is 18.5. The lowest BCUT2D eigenvalue weighted by Crippen LogP contribution is -2.38. The largest absolute Gasteiger partial charge is 0.326 e. The van der Waals surface area contributed by atoms with Crippen LogP contribution in [0, 0.1) is 11.3 Å². The van der Waals surface area contributed by atoms with Crippen LogP contribution in [-0.2, 0) is 27.2 Å². The van der Waals surface area contributed by atoms with Gasteiger partial charge in [0, 0.05) is 23.2 Å². The average molecular weight is 454 g/mol. The molecule has 0 saturated heterocycles. The zero-order valence-electron chi connectivity index (χ0n) is 18.3. The SMILES string of the molecule is CCN(CC(=O)Nc1ccc(NC(C)=O)cc1)CC(=O)Nc1sc2c(c1C#N)CCCC2. The van der Waals surface area contributed by atoms with E-state index in [4.69, 9.17) is 0 Å². The number of fused-ring (bicyclic) bond motifs is 1. The van der Waals surface area contributed by atoms with Crippen molar-refractivity contribution in [2.75, 3.05) is 35.6 Å². The summed E-state index contributed by atoms with van der Waals surface area (Å²) < 4.78 is 0. The number of benzene rings is 1. The van der Waals surface area contributed by atoms with Crippen LogP contribution in [0.3, 0.4) is 0 Å². The number of nitrogens with one attached hydrogen (secondary N) is 3. The normalized spacial score (nSPS) is 12.6. The van der Waals surface area contributed by atoms with Gasteiger partial charge in [0.25, 0.3) is 0 Å². The molecular weight excluding hydrogens is 426 g/mol. The fraction of sp³-hybridized carbons (Fsp3) is 0.391. The smallest absolute Gasteiger partial charge is 0.239 e. The molecule has 32 heavy (non-hydrogen) atoms. The summed E-state index contributed by atoms with van der Waals surface area (Å²) in [6.45, 7) is 3.95. The Kier molecular flexibility index (Phi) is 7.98. The topological polar surface area (TPSA) is 114 Å². The van der Waals surface area contributed by atoms with Crippen molar-refractivity contribution < 1.29 is 14.4 Å². The quantitative estimate of drug-likeness (QED) is 0.567. The van der Waals surface area contributed by atoms with Crippen LogP contribution in [0.15, 0.2) is 24.3 Å². The number of amides is 3. The Balaban J connectivity index is 1.54. The number of hydrogen-bond donors (Lipinski definition) is 3. The van der Waals surface area contributed by atoms with Crippen LogP contribution in [0.2, 0.25) is 0 Å². The number of anilines is 3. The highest BCUT2D eigenvalue weighted by Crippen LogP contribution is 2.37. The lowest BCUT2D eigenvalue weighted by atomic mass is 9.96.